The second-order valence-corrected chi connectivity index (χ2v) is 4.55. The van der Waals surface area contributed by atoms with Crippen LogP contribution < -0.4 is 0 Å². The third kappa shape index (κ3) is 5.07. The molecule has 0 aliphatic rings. The van der Waals surface area contributed by atoms with Crippen LogP contribution in [0.1, 0.15) is 18.3 Å². The largest absolute Gasteiger partial charge is 0.380 e. The molecule has 2 aromatic heterocycles. The van der Waals surface area contributed by atoms with Gasteiger partial charge in [-0.2, -0.15) is 0 Å². The molecule has 0 saturated heterocycles. The van der Waals surface area contributed by atoms with Gasteiger partial charge in [0.25, 0.3) is 0 Å². The Morgan fingerprint density at radius 1 is 0.950 bits per heavy atom. The monoisotopic (exact) mass is 271 g/mol. The van der Waals surface area contributed by atoms with E-state index in [9.17, 15) is 0 Å². The van der Waals surface area contributed by atoms with E-state index in [1.54, 1.807) is 0 Å². The number of nitrogens with zero attached hydrogens (tertiary/aromatic N) is 3. The fourth-order valence-electron chi connectivity index (χ4n) is 1.99. The molecule has 2 aromatic rings. The molecular formula is C16H21N3O. The maximum atomic E-state index is 5.46. The molecule has 0 aliphatic carbocycles. The van der Waals surface area contributed by atoms with Gasteiger partial charge >= 0.3 is 0 Å². The van der Waals surface area contributed by atoms with Crippen LogP contribution >= 0.6 is 0 Å². The third-order valence-electron chi connectivity index (χ3n) is 2.98. The van der Waals surface area contributed by atoms with Gasteiger partial charge < -0.3 is 4.74 Å². The molecule has 0 spiro atoms. The average molecular weight is 271 g/mol. The molecule has 0 unspecified atom stereocenters. The van der Waals surface area contributed by atoms with Gasteiger partial charge in [-0.1, -0.05) is 12.1 Å². The minimum atomic E-state index is 0.732. The lowest BCUT2D eigenvalue weighted by Gasteiger charge is -2.21. The molecule has 0 fully saturated rings. The molecule has 0 aromatic carbocycles. The number of hydrogen-bond acceptors (Lipinski definition) is 4. The summed E-state index contributed by atoms with van der Waals surface area (Å²) in [4.78, 5) is 11.1. The van der Waals surface area contributed by atoms with Crippen molar-refractivity contribution in [1.82, 2.24) is 14.9 Å². The van der Waals surface area contributed by atoms with Crippen molar-refractivity contribution in [1.29, 1.82) is 0 Å². The van der Waals surface area contributed by atoms with Gasteiger partial charge in [0.2, 0.25) is 0 Å². The predicted octanol–water partition coefficient (Wildman–Crippen LogP) is 2.52. The van der Waals surface area contributed by atoms with Crippen LogP contribution in [0, 0.1) is 0 Å². The minimum Gasteiger partial charge on any atom is -0.380 e. The summed E-state index contributed by atoms with van der Waals surface area (Å²) in [5, 5.41) is 0. The average Bonchev–Trinajstić information content (AvgIpc) is 2.49. The second-order valence-electron chi connectivity index (χ2n) is 4.55. The van der Waals surface area contributed by atoms with E-state index in [1.807, 2.05) is 55.7 Å². The van der Waals surface area contributed by atoms with E-state index < -0.39 is 0 Å². The smallest absolute Gasteiger partial charge is 0.0593 e. The van der Waals surface area contributed by atoms with Gasteiger partial charge in [-0.3, -0.25) is 14.9 Å². The van der Waals surface area contributed by atoms with Gasteiger partial charge in [-0.25, -0.2) is 0 Å². The van der Waals surface area contributed by atoms with Gasteiger partial charge in [-0.05, 0) is 31.2 Å². The molecule has 4 heteroatoms. The Morgan fingerprint density at radius 2 is 1.55 bits per heavy atom. The molecule has 106 valence electrons. The lowest BCUT2D eigenvalue weighted by atomic mass is 10.3. The number of hydrogen-bond donors (Lipinski definition) is 0. The zero-order valence-corrected chi connectivity index (χ0v) is 11.9. The first kappa shape index (κ1) is 14.6. The summed E-state index contributed by atoms with van der Waals surface area (Å²) in [6.45, 7) is 6.00. The second kappa shape index (κ2) is 8.40. The summed E-state index contributed by atoms with van der Waals surface area (Å²) >= 11 is 0. The molecule has 0 saturated carbocycles. The van der Waals surface area contributed by atoms with Crippen molar-refractivity contribution in [2.45, 2.75) is 20.0 Å². The first-order chi connectivity index (χ1) is 9.88. The van der Waals surface area contributed by atoms with Crippen molar-refractivity contribution < 1.29 is 4.74 Å². The number of pyridine rings is 2. The summed E-state index contributed by atoms with van der Waals surface area (Å²) in [7, 11) is 0. The Bertz CT molecular complexity index is 434. The van der Waals surface area contributed by atoms with Crippen LogP contribution in [0.5, 0.6) is 0 Å². The Morgan fingerprint density at radius 3 is 2.00 bits per heavy atom. The van der Waals surface area contributed by atoms with Crippen LogP contribution in [0.25, 0.3) is 0 Å². The van der Waals surface area contributed by atoms with E-state index in [4.69, 9.17) is 4.74 Å². The highest BCUT2D eigenvalue weighted by Gasteiger charge is 2.08. The van der Waals surface area contributed by atoms with Crippen molar-refractivity contribution in [2.75, 3.05) is 19.8 Å². The molecule has 0 radical (unpaired) electrons. The standard InChI is InChI=1S/C16H21N3O/c1-2-20-12-11-19(13-15-7-3-5-9-17-15)14-16-8-4-6-10-18-16/h3-10H,2,11-14H2,1H3. The van der Waals surface area contributed by atoms with Crippen LogP contribution in [-0.2, 0) is 17.8 Å². The highest BCUT2D eigenvalue weighted by atomic mass is 16.5. The summed E-state index contributed by atoms with van der Waals surface area (Å²) < 4.78 is 5.46. The highest BCUT2D eigenvalue weighted by molar-refractivity contribution is 5.06. The summed E-state index contributed by atoms with van der Waals surface area (Å²) in [6.07, 6.45) is 3.66. The Kier molecular flexibility index (Phi) is 6.14. The molecule has 0 atom stereocenters. The Hall–Kier alpha value is -1.78. The maximum Gasteiger partial charge on any atom is 0.0593 e. The lowest BCUT2D eigenvalue weighted by molar-refractivity contribution is 0.107. The van der Waals surface area contributed by atoms with Crippen LogP contribution in [0.3, 0.4) is 0 Å². The molecule has 0 amide bonds. The quantitative estimate of drug-likeness (QED) is 0.691. The fourth-order valence-corrected chi connectivity index (χ4v) is 1.99. The van der Waals surface area contributed by atoms with E-state index in [-0.39, 0.29) is 0 Å². The van der Waals surface area contributed by atoms with Crippen LogP contribution in [-0.4, -0.2) is 34.6 Å². The number of ether oxygens (including phenoxy) is 1. The minimum absolute atomic E-state index is 0.732. The van der Waals surface area contributed by atoms with Gasteiger partial charge in [0.1, 0.15) is 0 Å². The SMILES string of the molecule is CCOCCN(Cc1ccccn1)Cc1ccccn1. The van der Waals surface area contributed by atoms with E-state index in [0.717, 1.165) is 44.2 Å². The van der Waals surface area contributed by atoms with Gasteiger partial charge in [0.15, 0.2) is 0 Å². The third-order valence-corrected chi connectivity index (χ3v) is 2.98. The van der Waals surface area contributed by atoms with Crippen molar-refractivity contribution in [3.05, 3.63) is 60.2 Å². The molecule has 20 heavy (non-hydrogen) atoms. The molecule has 4 nitrogen and oxygen atoms in total. The number of rotatable bonds is 8. The number of aromatic nitrogens is 2. The van der Waals surface area contributed by atoms with Crippen molar-refractivity contribution in [2.24, 2.45) is 0 Å². The summed E-state index contributed by atoms with van der Waals surface area (Å²) in [5.41, 5.74) is 2.14. The summed E-state index contributed by atoms with van der Waals surface area (Å²) in [6, 6.07) is 12.0. The topological polar surface area (TPSA) is 38.2 Å². The van der Waals surface area contributed by atoms with Crippen LogP contribution in [0.2, 0.25) is 0 Å². The van der Waals surface area contributed by atoms with Crippen LogP contribution in [0.4, 0.5) is 0 Å². The lowest BCUT2D eigenvalue weighted by Crippen LogP contribution is -2.27. The van der Waals surface area contributed by atoms with Gasteiger partial charge in [0.05, 0.1) is 18.0 Å². The van der Waals surface area contributed by atoms with E-state index in [1.165, 1.54) is 0 Å². The maximum absolute atomic E-state index is 5.46. The van der Waals surface area contributed by atoms with Crippen molar-refractivity contribution >= 4 is 0 Å². The van der Waals surface area contributed by atoms with Gasteiger partial charge in [0, 0.05) is 38.6 Å². The van der Waals surface area contributed by atoms with E-state index >= 15 is 0 Å². The zero-order chi connectivity index (χ0) is 14.0. The first-order valence-electron chi connectivity index (χ1n) is 6.98. The normalized spacial score (nSPS) is 10.9. The van der Waals surface area contributed by atoms with Crippen LogP contribution in [0.15, 0.2) is 48.8 Å². The van der Waals surface area contributed by atoms with Gasteiger partial charge in [-0.15, -0.1) is 0 Å². The molecule has 2 rings (SSSR count). The fraction of sp³-hybridized carbons (Fsp3) is 0.375. The first-order valence-corrected chi connectivity index (χ1v) is 6.98. The Labute approximate surface area is 120 Å². The summed E-state index contributed by atoms with van der Waals surface area (Å²) in [5.74, 6) is 0. The molecule has 0 N–H and O–H groups in total. The predicted molar refractivity (Wildman–Crippen MR) is 79.1 cm³/mol. The Balaban J connectivity index is 1.96. The molecule has 0 aliphatic heterocycles. The zero-order valence-electron chi connectivity index (χ0n) is 11.9. The molecule has 2 heterocycles. The molecular weight excluding hydrogens is 250 g/mol. The highest BCUT2D eigenvalue weighted by Crippen LogP contribution is 2.06. The molecule has 0 bridgehead atoms. The van der Waals surface area contributed by atoms with E-state index in [2.05, 4.69) is 14.9 Å². The van der Waals surface area contributed by atoms with Crippen molar-refractivity contribution in [3.63, 3.8) is 0 Å². The van der Waals surface area contributed by atoms with Crippen molar-refractivity contribution in [3.8, 4) is 0 Å². The van der Waals surface area contributed by atoms with E-state index in [0.29, 0.717) is 0 Å².